The Balaban J connectivity index is 2.36. The SMILES string of the molecule is O=COC(Cc1ccn[nH]1)c1c(Br)cc(F)cc1Br. The van der Waals surface area contributed by atoms with Crippen molar-refractivity contribution in [1.29, 1.82) is 0 Å². The number of nitrogens with one attached hydrogen (secondary N) is 1. The standard InChI is InChI=1S/C12H9Br2FN2O2/c13-9-3-7(15)4-10(14)12(9)11(19-6-18)5-8-1-2-16-17-8/h1-4,6,11H,5H2,(H,16,17). The number of rotatable bonds is 5. The van der Waals surface area contributed by atoms with Crippen LogP contribution in [0.25, 0.3) is 0 Å². The first kappa shape index (κ1) is 14.2. The molecule has 0 radical (unpaired) electrons. The number of aromatic amines is 1. The van der Waals surface area contributed by atoms with Gasteiger partial charge in [-0.2, -0.15) is 5.10 Å². The van der Waals surface area contributed by atoms with Gasteiger partial charge in [0.05, 0.1) is 0 Å². The fourth-order valence-corrected chi connectivity index (χ4v) is 3.39. The molecule has 0 fully saturated rings. The normalized spacial score (nSPS) is 12.2. The van der Waals surface area contributed by atoms with E-state index in [1.54, 1.807) is 12.3 Å². The van der Waals surface area contributed by atoms with Gasteiger partial charge in [0.2, 0.25) is 0 Å². The Morgan fingerprint density at radius 1 is 1.42 bits per heavy atom. The van der Waals surface area contributed by atoms with Gasteiger partial charge >= 0.3 is 0 Å². The van der Waals surface area contributed by atoms with Crippen molar-refractivity contribution in [3.05, 3.63) is 50.4 Å². The fourth-order valence-electron chi connectivity index (χ4n) is 1.74. The van der Waals surface area contributed by atoms with Crippen LogP contribution in [0, 0.1) is 5.82 Å². The number of ether oxygens (including phenoxy) is 1. The monoisotopic (exact) mass is 390 g/mol. The van der Waals surface area contributed by atoms with Gasteiger partial charge in [-0.15, -0.1) is 0 Å². The summed E-state index contributed by atoms with van der Waals surface area (Å²) in [7, 11) is 0. The van der Waals surface area contributed by atoms with Gasteiger partial charge in [0.15, 0.2) is 0 Å². The second-order valence-corrected chi connectivity index (χ2v) is 5.50. The van der Waals surface area contributed by atoms with E-state index < -0.39 is 6.10 Å². The smallest absolute Gasteiger partial charge is 0.293 e. The van der Waals surface area contributed by atoms with Crippen LogP contribution >= 0.6 is 31.9 Å². The largest absolute Gasteiger partial charge is 0.459 e. The lowest BCUT2D eigenvalue weighted by Crippen LogP contribution is -2.09. The minimum Gasteiger partial charge on any atom is -0.459 e. The lowest BCUT2D eigenvalue weighted by atomic mass is 10.0. The summed E-state index contributed by atoms with van der Waals surface area (Å²) in [5.74, 6) is -0.381. The predicted octanol–water partition coefficient (Wildman–Crippen LogP) is 3.53. The van der Waals surface area contributed by atoms with Gasteiger partial charge < -0.3 is 4.74 Å². The molecular weight excluding hydrogens is 383 g/mol. The molecule has 4 nitrogen and oxygen atoms in total. The number of halogens is 3. The second kappa shape index (κ2) is 6.29. The van der Waals surface area contributed by atoms with Crippen LogP contribution in [0.3, 0.4) is 0 Å². The number of hydrogen-bond donors (Lipinski definition) is 1. The molecule has 7 heteroatoms. The highest BCUT2D eigenvalue weighted by Crippen LogP contribution is 2.35. The van der Waals surface area contributed by atoms with Crippen LogP contribution in [0.5, 0.6) is 0 Å². The molecule has 1 unspecified atom stereocenters. The van der Waals surface area contributed by atoms with Gasteiger partial charge in [-0.3, -0.25) is 9.89 Å². The highest BCUT2D eigenvalue weighted by Gasteiger charge is 2.21. The van der Waals surface area contributed by atoms with Crippen LogP contribution < -0.4 is 0 Å². The van der Waals surface area contributed by atoms with E-state index in [0.29, 0.717) is 27.4 Å². The van der Waals surface area contributed by atoms with Gasteiger partial charge in [-0.05, 0) is 18.2 Å². The molecule has 0 aliphatic heterocycles. The summed E-state index contributed by atoms with van der Waals surface area (Å²) < 4.78 is 19.4. The van der Waals surface area contributed by atoms with Crippen molar-refractivity contribution in [2.24, 2.45) is 0 Å². The van der Waals surface area contributed by atoms with Crippen molar-refractivity contribution < 1.29 is 13.9 Å². The number of nitrogens with zero attached hydrogens (tertiary/aromatic N) is 1. The number of carbonyl (C=O) groups excluding carboxylic acids is 1. The van der Waals surface area contributed by atoms with E-state index in [1.165, 1.54) is 12.1 Å². The van der Waals surface area contributed by atoms with Crippen molar-refractivity contribution >= 4 is 38.3 Å². The van der Waals surface area contributed by atoms with Crippen LogP contribution in [0.1, 0.15) is 17.4 Å². The van der Waals surface area contributed by atoms with Crippen molar-refractivity contribution in [3.63, 3.8) is 0 Å². The van der Waals surface area contributed by atoms with E-state index >= 15 is 0 Å². The van der Waals surface area contributed by atoms with Crippen molar-refractivity contribution in [2.45, 2.75) is 12.5 Å². The van der Waals surface area contributed by atoms with Crippen LogP contribution in [0.4, 0.5) is 4.39 Å². The first-order valence-corrected chi connectivity index (χ1v) is 6.92. The molecule has 1 atom stereocenters. The average molecular weight is 392 g/mol. The first-order valence-electron chi connectivity index (χ1n) is 5.33. The molecule has 1 heterocycles. The molecular formula is C12H9Br2FN2O2. The highest BCUT2D eigenvalue weighted by molar-refractivity contribution is 9.11. The zero-order valence-corrected chi connectivity index (χ0v) is 12.7. The summed E-state index contributed by atoms with van der Waals surface area (Å²) in [6.45, 7) is 0.378. The number of benzene rings is 1. The Morgan fingerprint density at radius 3 is 2.63 bits per heavy atom. The highest BCUT2D eigenvalue weighted by atomic mass is 79.9. The minimum atomic E-state index is -0.540. The van der Waals surface area contributed by atoms with E-state index in [9.17, 15) is 9.18 Å². The quantitative estimate of drug-likeness (QED) is 0.793. The Morgan fingerprint density at radius 2 is 2.11 bits per heavy atom. The summed E-state index contributed by atoms with van der Waals surface area (Å²) >= 11 is 6.56. The van der Waals surface area contributed by atoms with E-state index in [4.69, 9.17) is 4.74 Å². The molecule has 1 aromatic carbocycles. The molecule has 0 spiro atoms. The maximum absolute atomic E-state index is 13.2. The van der Waals surface area contributed by atoms with Gasteiger partial charge in [0.1, 0.15) is 11.9 Å². The van der Waals surface area contributed by atoms with E-state index in [-0.39, 0.29) is 5.82 Å². The molecule has 2 aromatic rings. The Labute approximate surface area is 125 Å². The fraction of sp³-hybridized carbons (Fsp3) is 0.167. The Hall–Kier alpha value is -1.21. The number of hydrogen-bond acceptors (Lipinski definition) is 3. The molecule has 0 saturated carbocycles. The van der Waals surface area contributed by atoms with E-state index in [2.05, 4.69) is 42.1 Å². The van der Waals surface area contributed by atoms with Crippen LogP contribution in [-0.4, -0.2) is 16.7 Å². The molecule has 0 saturated heterocycles. The average Bonchev–Trinajstić information content (AvgIpc) is 2.80. The Bertz CT molecular complexity index is 552. The molecule has 0 amide bonds. The molecule has 1 N–H and O–H groups in total. The third-order valence-corrected chi connectivity index (χ3v) is 3.86. The zero-order valence-electron chi connectivity index (χ0n) is 9.57. The third-order valence-electron chi connectivity index (χ3n) is 2.55. The van der Waals surface area contributed by atoms with Gasteiger partial charge in [-0.1, -0.05) is 31.9 Å². The predicted molar refractivity (Wildman–Crippen MR) is 74.0 cm³/mol. The number of aromatic nitrogens is 2. The molecule has 0 aliphatic rings. The van der Waals surface area contributed by atoms with Gasteiger partial charge in [0, 0.05) is 32.8 Å². The van der Waals surface area contributed by atoms with Crippen molar-refractivity contribution in [1.82, 2.24) is 10.2 Å². The Kier molecular flexibility index (Phi) is 4.71. The van der Waals surface area contributed by atoms with E-state index in [0.717, 1.165) is 5.69 Å². The molecule has 0 aliphatic carbocycles. The van der Waals surface area contributed by atoms with Gasteiger partial charge in [0.25, 0.3) is 6.47 Å². The molecule has 2 rings (SSSR count). The maximum atomic E-state index is 13.2. The number of H-pyrrole nitrogens is 1. The van der Waals surface area contributed by atoms with Crippen LogP contribution in [-0.2, 0) is 16.0 Å². The topological polar surface area (TPSA) is 55.0 Å². The van der Waals surface area contributed by atoms with Crippen molar-refractivity contribution in [3.8, 4) is 0 Å². The summed E-state index contributed by atoms with van der Waals surface area (Å²) in [6.07, 6.45) is 1.49. The molecule has 0 bridgehead atoms. The van der Waals surface area contributed by atoms with Crippen LogP contribution in [0.15, 0.2) is 33.3 Å². The zero-order chi connectivity index (χ0) is 13.8. The minimum absolute atomic E-state index is 0.378. The molecule has 1 aromatic heterocycles. The second-order valence-electron chi connectivity index (χ2n) is 3.79. The number of carbonyl (C=O) groups is 1. The molecule has 19 heavy (non-hydrogen) atoms. The lowest BCUT2D eigenvalue weighted by Gasteiger charge is -2.18. The van der Waals surface area contributed by atoms with Crippen molar-refractivity contribution in [2.75, 3.05) is 0 Å². The summed E-state index contributed by atoms with van der Waals surface area (Å²) in [5.41, 5.74) is 1.48. The lowest BCUT2D eigenvalue weighted by molar-refractivity contribution is -0.133. The van der Waals surface area contributed by atoms with Crippen LogP contribution in [0.2, 0.25) is 0 Å². The maximum Gasteiger partial charge on any atom is 0.293 e. The summed E-state index contributed by atoms with van der Waals surface area (Å²) in [5, 5.41) is 6.63. The summed E-state index contributed by atoms with van der Waals surface area (Å²) in [6, 6.07) is 4.44. The third kappa shape index (κ3) is 3.42. The first-order chi connectivity index (χ1) is 9.11. The summed E-state index contributed by atoms with van der Waals surface area (Å²) in [4.78, 5) is 10.7. The van der Waals surface area contributed by atoms with Gasteiger partial charge in [-0.25, -0.2) is 4.39 Å². The molecule has 100 valence electrons. The van der Waals surface area contributed by atoms with E-state index in [1.807, 2.05) is 0 Å².